The molecule has 0 aliphatic carbocycles. The van der Waals surface area contributed by atoms with Crippen molar-refractivity contribution in [2.45, 2.75) is 348 Å². The zero-order chi connectivity index (χ0) is 59.9. The normalized spacial score (nSPS) is 12.8. The van der Waals surface area contributed by atoms with Gasteiger partial charge in [0, 0.05) is 19.3 Å². The molecule has 0 aliphatic rings. The summed E-state index contributed by atoms with van der Waals surface area (Å²) >= 11 is 0. The lowest BCUT2D eigenvalue weighted by atomic mass is 10.0. The number of unbranched alkanes of at least 4 members (excludes halogenated alkanes) is 35. The molecule has 0 spiro atoms. The quantitative estimate of drug-likeness (QED) is 0.0261. The molecule has 0 aromatic carbocycles. The second kappa shape index (κ2) is 70.6. The van der Waals surface area contributed by atoms with Crippen LogP contribution in [0.1, 0.15) is 342 Å². The van der Waals surface area contributed by atoms with E-state index in [0.29, 0.717) is 19.3 Å². The molecule has 6 heteroatoms. The van der Waals surface area contributed by atoms with Crippen molar-refractivity contribution in [3.63, 3.8) is 0 Å². The molecule has 0 saturated carbocycles. The molecule has 0 aromatic heterocycles. The van der Waals surface area contributed by atoms with Crippen LogP contribution in [0.25, 0.3) is 0 Å². The number of esters is 3. The van der Waals surface area contributed by atoms with Crippen LogP contribution in [0.5, 0.6) is 0 Å². The lowest BCUT2D eigenvalue weighted by Crippen LogP contribution is -2.30. The predicted octanol–water partition coefficient (Wildman–Crippen LogP) is 24.6. The Labute approximate surface area is 514 Å². The van der Waals surface area contributed by atoms with Crippen LogP contribution in [-0.2, 0) is 28.6 Å². The molecule has 0 radical (unpaired) electrons. The lowest BCUT2D eigenvalue weighted by molar-refractivity contribution is -0.167. The molecule has 83 heavy (non-hydrogen) atoms. The van der Waals surface area contributed by atoms with E-state index in [1.165, 1.54) is 173 Å². The van der Waals surface area contributed by atoms with E-state index in [2.05, 4.69) is 130 Å². The number of carbonyl (C=O) groups excluding carboxylic acids is 3. The molecule has 0 heterocycles. The number of hydrogen-bond acceptors (Lipinski definition) is 6. The van der Waals surface area contributed by atoms with Gasteiger partial charge in [0.05, 0.1) is 0 Å². The Balaban J connectivity index is 4.15. The summed E-state index contributed by atoms with van der Waals surface area (Å²) < 4.78 is 16.9. The third kappa shape index (κ3) is 68.7. The van der Waals surface area contributed by atoms with Crippen LogP contribution in [0, 0.1) is 0 Å². The molecule has 0 rings (SSSR count). The van der Waals surface area contributed by atoms with Gasteiger partial charge < -0.3 is 14.2 Å². The summed E-state index contributed by atoms with van der Waals surface area (Å²) in [5, 5.41) is 0. The highest BCUT2D eigenvalue weighted by Crippen LogP contribution is 2.17. The number of rotatable bonds is 64. The van der Waals surface area contributed by atoms with Gasteiger partial charge in [-0.1, -0.05) is 310 Å². The fraction of sp³-hybridized carbons (Fsp3) is 0.727. The van der Waals surface area contributed by atoms with Gasteiger partial charge in [0.1, 0.15) is 13.2 Å². The zero-order valence-electron chi connectivity index (χ0n) is 54.7. The van der Waals surface area contributed by atoms with Crippen LogP contribution in [0.4, 0.5) is 0 Å². The van der Waals surface area contributed by atoms with Gasteiger partial charge in [-0.3, -0.25) is 14.4 Å². The van der Waals surface area contributed by atoms with E-state index < -0.39 is 6.10 Å². The summed E-state index contributed by atoms with van der Waals surface area (Å²) in [6.07, 6.45) is 97.2. The second-order valence-electron chi connectivity index (χ2n) is 23.4. The first-order valence-electron chi connectivity index (χ1n) is 35.4. The zero-order valence-corrected chi connectivity index (χ0v) is 54.7. The summed E-state index contributed by atoms with van der Waals surface area (Å²) in [5.74, 6) is -0.948. The summed E-state index contributed by atoms with van der Waals surface area (Å²) in [5.41, 5.74) is 0. The van der Waals surface area contributed by atoms with Crippen molar-refractivity contribution >= 4 is 17.9 Å². The highest BCUT2D eigenvalue weighted by Gasteiger charge is 2.19. The van der Waals surface area contributed by atoms with Crippen LogP contribution in [0.15, 0.2) is 109 Å². The Kier molecular flexibility index (Phi) is 67.2. The molecule has 6 nitrogen and oxygen atoms in total. The number of carbonyl (C=O) groups is 3. The molecule has 476 valence electrons. The van der Waals surface area contributed by atoms with Crippen molar-refractivity contribution in [3.8, 4) is 0 Å². The van der Waals surface area contributed by atoms with Crippen molar-refractivity contribution in [2.75, 3.05) is 13.2 Å². The van der Waals surface area contributed by atoms with E-state index in [0.717, 1.165) is 122 Å². The molecule has 0 amide bonds. The average Bonchev–Trinajstić information content (AvgIpc) is 3.50. The van der Waals surface area contributed by atoms with E-state index in [9.17, 15) is 14.4 Å². The molecule has 0 N–H and O–H groups in total. The Morgan fingerprint density at radius 1 is 0.253 bits per heavy atom. The number of ether oxygens (including phenoxy) is 3. The van der Waals surface area contributed by atoms with Gasteiger partial charge >= 0.3 is 17.9 Å². The Morgan fingerprint density at radius 2 is 0.470 bits per heavy atom. The second-order valence-corrected chi connectivity index (χ2v) is 23.4. The van der Waals surface area contributed by atoms with Crippen molar-refractivity contribution in [1.82, 2.24) is 0 Å². The van der Waals surface area contributed by atoms with Gasteiger partial charge in [0.15, 0.2) is 6.10 Å². The maximum atomic E-state index is 12.9. The van der Waals surface area contributed by atoms with E-state index >= 15 is 0 Å². The van der Waals surface area contributed by atoms with Gasteiger partial charge in [-0.2, -0.15) is 0 Å². The fourth-order valence-corrected chi connectivity index (χ4v) is 10.0. The van der Waals surface area contributed by atoms with Crippen molar-refractivity contribution in [2.24, 2.45) is 0 Å². The van der Waals surface area contributed by atoms with Crippen LogP contribution in [-0.4, -0.2) is 37.2 Å². The third-order valence-electron chi connectivity index (χ3n) is 15.2. The first-order chi connectivity index (χ1) is 41.0. The maximum Gasteiger partial charge on any atom is 0.306 e. The molecular weight excluding hydrogens is 1020 g/mol. The average molecular weight is 1150 g/mol. The third-order valence-corrected chi connectivity index (χ3v) is 15.2. The fourth-order valence-electron chi connectivity index (χ4n) is 10.0. The minimum Gasteiger partial charge on any atom is -0.462 e. The first kappa shape index (κ1) is 79.1. The Bertz CT molecular complexity index is 1660. The molecular formula is C77H132O6. The smallest absolute Gasteiger partial charge is 0.306 e. The van der Waals surface area contributed by atoms with Crippen LogP contribution in [0.3, 0.4) is 0 Å². The molecule has 0 saturated heterocycles. The molecule has 1 atom stereocenters. The first-order valence-corrected chi connectivity index (χ1v) is 35.4. The summed E-state index contributed by atoms with van der Waals surface area (Å²) in [6, 6.07) is 0. The minimum atomic E-state index is -0.808. The maximum absolute atomic E-state index is 12.9. The van der Waals surface area contributed by atoms with Crippen molar-refractivity contribution in [1.29, 1.82) is 0 Å². The SMILES string of the molecule is CC/C=C\C/C=C\C/C=C\C/C=C\CCCCC(=O)OC(COC(=O)CCCCCCC/C=C\C/C=C\C/C=C\CC)COC(=O)CCCCCCCCCCCCCCCCCCCCCCCCC/C=C\C/C=C\CCCCCCC. The molecule has 0 aliphatic heterocycles. The van der Waals surface area contributed by atoms with Gasteiger partial charge in [-0.05, 0) is 122 Å². The van der Waals surface area contributed by atoms with Gasteiger partial charge in [-0.15, -0.1) is 0 Å². The Morgan fingerprint density at radius 3 is 0.759 bits per heavy atom. The van der Waals surface area contributed by atoms with E-state index in [1.807, 2.05) is 0 Å². The summed E-state index contributed by atoms with van der Waals surface area (Å²) in [7, 11) is 0. The van der Waals surface area contributed by atoms with Gasteiger partial charge in [0.2, 0.25) is 0 Å². The minimum absolute atomic E-state index is 0.0988. The topological polar surface area (TPSA) is 78.9 Å². The lowest BCUT2D eigenvalue weighted by Gasteiger charge is -2.18. The highest BCUT2D eigenvalue weighted by atomic mass is 16.6. The van der Waals surface area contributed by atoms with E-state index in [1.54, 1.807) is 0 Å². The molecule has 1 unspecified atom stereocenters. The standard InChI is InChI=1S/C77H132O6/c1-4-7-10-13-16-19-22-25-28-29-30-31-32-33-34-35-36-37-38-39-40-41-42-43-44-45-46-47-50-52-55-58-61-64-67-70-76(79)82-73-74(83-77(80)71-68-65-62-59-56-53-49-27-24-21-18-15-12-9-6-3)72-81-75(78)69-66-63-60-57-54-51-48-26-23-20-17-14-11-8-5-2/h8-9,11-12,17-18,20-22,25-27,29-30,48-49,56,59,74H,4-7,10,13-16,19,23-24,28,31-47,50-55,57-58,60-73H2,1-3H3/b11-8-,12-9-,20-17-,21-18-,25-22-,30-29-,48-26-,49-27-,59-56-. The van der Waals surface area contributed by atoms with Gasteiger partial charge in [0.25, 0.3) is 0 Å². The van der Waals surface area contributed by atoms with E-state index in [-0.39, 0.29) is 37.5 Å². The number of allylic oxidation sites excluding steroid dienone is 18. The number of hydrogen-bond donors (Lipinski definition) is 0. The predicted molar refractivity (Wildman–Crippen MR) is 362 cm³/mol. The van der Waals surface area contributed by atoms with Crippen molar-refractivity contribution in [3.05, 3.63) is 109 Å². The molecule has 0 bridgehead atoms. The monoisotopic (exact) mass is 1150 g/mol. The van der Waals surface area contributed by atoms with Crippen LogP contribution in [0.2, 0.25) is 0 Å². The van der Waals surface area contributed by atoms with Crippen molar-refractivity contribution < 1.29 is 28.6 Å². The summed E-state index contributed by atoms with van der Waals surface area (Å²) in [6.45, 7) is 6.38. The Hall–Kier alpha value is -3.93. The highest BCUT2D eigenvalue weighted by molar-refractivity contribution is 5.71. The molecule has 0 aromatic rings. The molecule has 0 fully saturated rings. The summed E-state index contributed by atoms with van der Waals surface area (Å²) in [4.78, 5) is 38.3. The van der Waals surface area contributed by atoms with Gasteiger partial charge in [-0.25, -0.2) is 0 Å². The largest absolute Gasteiger partial charge is 0.462 e. The van der Waals surface area contributed by atoms with Crippen LogP contribution >= 0.6 is 0 Å². The van der Waals surface area contributed by atoms with E-state index in [4.69, 9.17) is 14.2 Å². The van der Waals surface area contributed by atoms with Crippen LogP contribution < -0.4 is 0 Å².